The number of aryl methyl sites for hydroxylation is 1. The van der Waals surface area contributed by atoms with Gasteiger partial charge in [-0.2, -0.15) is 4.98 Å². The molecule has 122 valence electrons. The van der Waals surface area contributed by atoms with E-state index in [2.05, 4.69) is 30.2 Å². The Bertz CT molecular complexity index is 658. The van der Waals surface area contributed by atoms with Gasteiger partial charge in [-0.15, -0.1) is 0 Å². The first-order chi connectivity index (χ1) is 11.1. The zero-order valence-electron chi connectivity index (χ0n) is 13.9. The summed E-state index contributed by atoms with van der Waals surface area (Å²) >= 11 is 0. The monoisotopic (exact) mass is 313 g/mol. The van der Waals surface area contributed by atoms with Crippen LogP contribution in [0.2, 0.25) is 0 Å². The second kappa shape index (κ2) is 6.76. The molecule has 1 atom stereocenters. The van der Waals surface area contributed by atoms with Crippen molar-refractivity contribution in [1.29, 1.82) is 0 Å². The Hall–Kier alpha value is -2.44. The van der Waals surface area contributed by atoms with E-state index in [0.717, 1.165) is 43.3 Å². The lowest BCUT2D eigenvalue weighted by atomic mass is 10.1. The van der Waals surface area contributed by atoms with Crippen molar-refractivity contribution in [3.63, 3.8) is 0 Å². The van der Waals surface area contributed by atoms with Gasteiger partial charge < -0.3 is 15.1 Å². The molecule has 0 aliphatic carbocycles. The zero-order valence-corrected chi connectivity index (χ0v) is 13.9. The van der Waals surface area contributed by atoms with Crippen molar-refractivity contribution in [2.75, 3.05) is 42.3 Å². The van der Waals surface area contributed by atoms with E-state index in [-0.39, 0.29) is 0 Å². The van der Waals surface area contributed by atoms with Gasteiger partial charge in [-0.1, -0.05) is 0 Å². The number of rotatable bonds is 4. The highest BCUT2D eigenvalue weighted by Gasteiger charge is 2.21. The maximum atomic E-state index is 4.54. The third kappa shape index (κ3) is 3.85. The molecule has 23 heavy (non-hydrogen) atoms. The highest BCUT2D eigenvalue weighted by atomic mass is 15.2. The molecule has 0 amide bonds. The Kier molecular flexibility index (Phi) is 4.55. The summed E-state index contributed by atoms with van der Waals surface area (Å²) in [5.41, 5.74) is 0.993. The van der Waals surface area contributed by atoms with Gasteiger partial charge in [0.15, 0.2) is 0 Å². The predicted octanol–water partition coefficient (Wildman–Crippen LogP) is 1.72. The average molecular weight is 313 g/mol. The van der Waals surface area contributed by atoms with Gasteiger partial charge in [-0.25, -0.2) is 15.0 Å². The average Bonchev–Trinajstić information content (AvgIpc) is 2.55. The van der Waals surface area contributed by atoms with Crippen LogP contribution in [0.4, 0.5) is 17.6 Å². The van der Waals surface area contributed by atoms with E-state index >= 15 is 0 Å². The van der Waals surface area contributed by atoms with Crippen molar-refractivity contribution >= 4 is 17.6 Å². The summed E-state index contributed by atoms with van der Waals surface area (Å²) in [6.07, 6.45) is 5.65. The van der Waals surface area contributed by atoms with Crippen molar-refractivity contribution in [3.05, 3.63) is 30.4 Å². The number of piperidine rings is 1. The molecule has 1 saturated heterocycles. The second-order valence-electron chi connectivity index (χ2n) is 6.08. The van der Waals surface area contributed by atoms with Gasteiger partial charge >= 0.3 is 0 Å². The number of hydrogen-bond donors (Lipinski definition) is 1. The molecular formula is C16H23N7. The lowest BCUT2D eigenvalue weighted by Gasteiger charge is -2.34. The molecule has 1 N–H and O–H groups in total. The summed E-state index contributed by atoms with van der Waals surface area (Å²) in [5.74, 6) is 2.58. The van der Waals surface area contributed by atoms with Crippen LogP contribution in [0, 0.1) is 6.92 Å². The van der Waals surface area contributed by atoms with E-state index < -0.39 is 0 Å². The summed E-state index contributed by atoms with van der Waals surface area (Å²) in [6, 6.07) is 4.25. The quantitative estimate of drug-likeness (QED) is 0.921. The number of aromatic nitrogens is 4. The number of anilines is 3. The molecule has 2 aromatic heterocycles. The van der Waals surface area contributed by atoms with Crippen LogP contribution in [0.5, 0.6) is 0 Å². The second-order valence-corrected chi connectivity index (χ2v) is 6.08. The van der Waals surface area contributed by atoms with E-state index in [1.165, 1.54) is 0 Å². The third-order valence-electron chi connectivity index (χ3n) is 3.97. The topological polar surface area (TPSA) is 70.1 Å². The molecule has 1 aliphatic rings. The van der Waals surface area contributed by atoms with Gasteiger partial charge in [0.1, 0.15) is 18.0 Å². The molecule has 0 bridgehead atoms. The van der Waals surface area contributed by atoms with Crippen LogP contribution >= 0.6 is 0 Å². The number of nitrogens with one attached hydrogen (secondary N) is 1. The van der Waals surface area contributed by atoms with E-state index in [9.17, 15) is 0 Å². The highest BCUT2D eigenvalue weighted by molar-refractivity contribution is 5.43. The fourth-order valence-electron chi connectivity index (χ4n) is 2.77. The molecule has 2 aromatic rings. The van der Waals surface area contributed by atoms with Gasteiger partial charge in [0.2, 0.25) is 5.95 Å². The van der Waals surface area contributed by atoms with E-state index in [4.69, 9.17) is 0 Å². The molecule has 1 aliphatic heterocycles. The normalized spacial score (nSPS) is 17.9. The third-order valence-corrected chi connectivity index (χ3v) is 3.97. The summed E-state index contributed by atoms with van der Waals surface area (Å²) in [7, 11) is 3.96. The van der Waals surface area contributed by atoms with Crippen LogP contribution in [0.3, 0.4) is 0 Å². The van der Waals surface area contributed by atoms with Gasteiger partial charge in [-0.3, -0.25) is 0 Å². The first-order valence-corrected chi connectivity index (χ1v) is 7.92. The van der Waals surface area contributed by atoms with Crippen molar-refractivity contribution in [1.82, 2.24) is 19.9 Å². The number of hydrogen-bond acceptors (Lipinski definition) is 7. The first-order valence-electron chi connectivity index (χ1n) is 7.92. The minimum absolute atomic E-state index is 0.316. The minimum Gasteiger partial charge on any atom is -0.363 e. The van der Waals surface area contributed by atoms with E-state index in [0.29, 0.717) is 12.0 Å². The van der Waals surface area contributed by atoms with Crippen molar-refractivity contribution < 1.29 is 0 Å². The predicted molar refractivity (Wildman–Crippen MR) is 92.0 cm³/mol. The van der Waals surface area contributed by atoms with Crippen LogP contribution < -0.4 is 15.1 Å². The molecule has 0 spiro atoms. The van der Waals surface area contributed by atoms with Gasteiger partial charge in [-0.05, 0) is 25.8 Å². The minimum atomic E-state index is 0.316. The van der Waals surface area contributed by atoms with E-state index in [1.807, 2.05) is 38.1 Å². The van der Waals surface area contributed by atoms with Crippen molar-refractivity contribution in [2.24, 2.45) is 0 Å². The largest absolute Gasteiger partial charge is 0.363 e. The molecule has 0 saturated carbocycles. The fourth-order valence-corrected chi connectivity index (χ4v) is 2.77. The number of nitrogens with zero attached hydrogens (tertiary/aromatic N) is 6. The summed E-state index contributed by atoms with van der Waals surface area (Å²) in [6.45, 7) is 3.91. The lowest BCUT2D eigenvalue weighted by molar-refractivity contribution is 0.524. The van der Waals surface area contributed by atoms with Crippen LogP contribution in [0.1, 0.15) is 18.5 Å². The first kappa shape index (κ1) is 15.5. The summed E-state index contributed by atoms with van der Waals surface area (Å²) in [4.78, 5) is 21.7. The Morgan fingerprint density at radius 3 is 2.91 bits per heavy atom. The van der Waals surface area contributed by atoms with Crippen molar-refractivity contribution in [2.45, 2.75) is 25.8 Å². The highest BCUT2D eigenvalue weighted by Crippen LogP contribution is 2.20. The van der Waals surface area contributed by atoms with Gasteiger partial charge in [0, 0.05) is 51.2 Å². The smallest absolute Gasteiger partial charge is 0.224 e. The maximum Gasteiger partial charge on any atom is 0.224 e. The zero-order chi connectivity index (χ0) is 16.2. The Balaban J connectivity index is 1.68. The van der Waals surface area contributed by atoms with Gasteiger partial charge in [0.25, 0.3) is 0 Å². The molecule has 1 fully saturated rings. The van der Waals surface area contributed by atoms with Crippen LogP contribution in [-0.4, -0.2) is 53.2 Å². The molecule has 7 heteroatoms. The Labute approximate surface area is 136 Å². The lowest BCUT2D eigenvalue weighted by Crippen LogP contribution is -2.42. The summed E-state index contributed by atoms with van der Waals surface area (Å²) < 4.78 is 0. The van der Waals surface area contributed by atoms with Crippen LogP contribution in [0.25, 0.3) is 0 Å². The van der Waals surface area contributed by atoms with Gasteiger partial charge in [0.05, 0.1) is 0 Å². The molecule has 0 radical (unpaired) electrons. The molecular weight excluding hydrogens is 290 g/mol. The Morgan fingerprint density at radius 1 is 1.26 bits per heavy atom. The van der Waals surface area contributed by atoms with Crippen molar-refractivity contribution in [3.8, 4) is 0 Å². The molecule has 3 heterocycles. The Morgan fingerprint density at radius 2 is 2.13 bits per heavy atom. The fraction of sp³-hybridized carbons (Fsp3) is 0.500. The molecule has 7 nitrogen and oxygen atoms in total. The summed E-state index contributed by atoms with van der Waals surface area (Å²) in [5, 5.41) is 3.46. The molecule has 3 rings (SSSR count). The standard InChI is InChI=1S/C16H23N7/c1-12-9-15(19-11-18-12)23-8-4-5-13(10-23)20-16-17-7-6-14(21-16)22(2)3/h6-7,9,11,13H,4-5,8,10H2,1-3H3,(H,17,20,21). The molecule has 0 aromatic carbocycles. The van der Waals surface area contributed by atoms with E-state index in [1.54, 1.807) is 12.5 Å². The molecule has 1 unspecified atom stereocenters. The maximum absolute atomic E-state index is 4.54. The SMILES string of the molecule is Cc1cc(N2CCCC(Nc3nccc(N(C)C)n3)C2)ncn1. The van der Waals surface area contributed by atoms with Crippen LogP contribution in [-0.2, 0) is 0 Å². The van der Waals surface area contributed by atoms with Crippen LogP contribution in [0.15, 0.2) is 24.7 Å².